The van der Waals surface area contributed by atoms with Gasteiger partial charge >= 0.3 is 0 Å². The first-order chi connectivity index (χ1) is 20.0. The van der Waals surface area contributed by atoms with Crippen LogP contribution in [0.5, 0.6) is 0 Å². The first-order valence-electron chi connectivity index (χ1n) is 14.3. The van der Waals surface area contributed by atoms with Gasteiger partial charge in [0.2, 0.25) is 23.6 Å². The minimum absolute atomic E-state index is 0.0300. The van der Waals surface area contributed by atoms with Gasteiger partial charge in [0.25, 0.3) is 5.91 Å². The first kappa shape index (κ1) is 30.7. The molecule has 0 unspecified atom stereocenters. The topological polar surface area (TPSA) is 191 Å². The number of carbonyl (C=O) groups is 4. The Morgan fingerprint density at radius 3 is 2.64 bits per heavy atom. The third-order valence-electron chi connectivity index (χ3n) is 7.03. The molecule has 42 heavy (non-hydrogen) atoms. The maximum Gasteiger partial charge on any atom is 0.273 e. The van der Waals surface area contributed by atoms with E-state index in [2.05, 4.69) is 36.2 Å². The number of aliphatic hydroxyl groups is 1. The van der Waals surface area contributed by atoms with Crippen molar-refractivity contribution in [1.29, 1.82) is 0 Å². The Hall–Kier alpha value is -4.26. The molecule has 0 aliphatic carbocycles. The van der Waals surface area contributed by atoms with Gasteiger partial charge in [-0.3, -0.25) is 19.2 Å². The zero-order valence-electron chi connectivity index (χ0n) is 24.3. The molecule has 2 aromatic heterocycles. The van der Waals surface area contributed by atoms with Crippen molar-refractivity contribution in [3.8, 4) is 0 Å². The second-order valence-corrected chi connectivity index (χ2v) is 11.2. The summed E-state index contributed by atoms with van der Waals surface area (Å²) in [6.45, 7) is 7.49. The molecule has 0 spiro atoms. The van der Waals surface area contributed by atoms with Crippen LogP contribution in [0.3, 0.4) is 0 Å². The molecule has 1 aliphatic rings. The van der Waals surface area contributed by atoms with Gasteiger partial charge in [0.05, 0.1) is 23.6 Å². The molecule has 4 amide bonds. The lowest BCUT2D eigenvalue weighted by molar-refractivity contribution is -0.134. The highest BCUT2D eigenvalue weighted by Crippen LogP contribution is 2.22. The minimum atomic E-state index is -1.30. The molecule has 13 nitrogen and oxygen atoms in total. The van der Waals surface area contributed by atoms with E-state index in [-0.39, 0.29) is 36.3 Å². The Balaban J connectivity index is 1.52. The van der Waals surface area contributed by atoms with Crippen LogP contribution in [0.4, 0.5) is 0 Å². The number of benzene rings is 1. The zero-order valence-corrected chi connectivity index (χ0v) is 24.3. The summed E-state index contributed by atoms with van der Waals surface area (Å²) >= 11 is 0. The monoisotopic (exact) mass is 581 g/mol. The molecule has 0 saturated heterocycles. The van der Waals surface area contributed by atoms with Gasteiger partial charge in [0, 0.05) is 6.54 Å². The molecular weight excluding hydrogens is 542 g/mol. The van der Waals surface area contributed by atoms with Crippen LogP contribution in [-0.2, 0) is 20.8 Å². The standard InChI is InChI=1S/C29H39N7O6/c1-15(2)11-22-29-35-23(14-42-29)26(39)30-10-6-5-7-20(27(40)36-25(16(3)37)28(41)34-22)33-24(38)13-18-8-9-19-21(12-18)32-17(4)31-19/h8-9,12,14-16,20,22,25,37H,5-7,10-11,13H2,1-4H3,(H,30,39)(H,31,32)(H,33,38)(H,34,41)(H,36,40)/t16-,20+,22+,25+/m1/s1. The number of oxazole rings is 1. The number of aromatic amines is 1. The van der Waals surface area contributed by atoms with E-state index >= 15 is 0 Å². The SMILES string of the molecule is Cc1nc2ccc(CC(=O)N[C@H]3CCCCNC(=O)c4coc(n4)[C@H](CC(C)C)NC(=O)[C@H]([C@@H](C)O)NC3=O)cc2[nH]1. The summed E-state index contributed by atoms with van der Waals surface area (Å²) in [5.74, 6) is -0.987. The number of fused-ring (bicyclic) bond motifs is 3. The molecule has 2 bridgehead atoms. The molecule has 4 atom stereocenters. The molecule has 13 heteroatoms. The fourth-order valence-corrected chi connectivity index (χ4v) is 4.93. The van der Waals surface area contributed by atoms with Crippen LogP contribution in [0, 0.1) is 12.8 Å². The van der Waals surface area contributed by atoms with E-state index in [1.54, 1.807) is 0 Å². The lowest BCUT2D eigenvalue weighted by atomic mass is 10.0. The number of aromatic nitrogens is 3. The summed E-state index contributed by atoms with van der Waals surface area (Å²) in [6.07, 6.45) is 1.75. The van der Waals surface area contributed by atoms with E-state index in [0.29, 0.717) is 25.8 Å². The Kier molecular flexibility index (Phi) is 9.94. The van der Waals surface area contributed by atoms with Crippen LogP contribution in [0.15, 0.2) is 28.9 Å². The van der Waals surface area contributed by atoms with Gasteiger partial charge in [-0.15, -0.1) is 0 Å². The molecule has 1 aliphatic heterocycles. The molecule has 3 aromatic rings. The van der Waals surface area contributed by atoms with Gasteiger partial charge < -0.3 is 35.8 Å². The fourth-order valence-electron chi connectivity index (χ4n) is 4.93. The summed E-state index contributed by atoms with van der Waals surface area (Å²) in [6, 6.07) is 2.51. The number of hydrogen-bond donors (Lipinski definition) is 6. The Morgan fingerprint density at radius 2 is 1.90 bits per heavy atom. The summed E-state index contributed by atoms with van der Waals surface area (Å²) in [4.78, 5) is 64.2. The number of hydrogen-bond acceptors (Lipinski definition) is 8. The quantitative estimate of drug-likeness (QED) is 0.253. The van der Waals surface area contributed by atoms with E-state index in [9.17, 15) is 24.3 Å². The van der Waals surface area contributed by atoms with E-state index in [4.69, 9.17) is 4.42 Å². The van der Waals surface area contributed by atoms with Crippen LogP contribution in [0.2, 0.25) is 0 Å². The average Bonchev–Trinajstić information content (AvgIpc) is 3.55. The molecule has 4 rings (SSSR count). The third kappa shape index (κ3) is 7.93. The van der Waals surface area contributed by atoms with Crippen LogP contribution >= 0.6 is 0 Å². The minimum Gasteiger partial charge on any atom is -0.446 e. The third-order valence-corrected chi connectivity index (χ3v) is 7.03. The Morgan fingerprint density at radius 1 is 1.12 bits per heavy atom. The lowest BCUT2D eigenvalue weighted by Gasteiger charge is -2.27. The molecule has 6 N–H and O–H groups in total. The van der Waals surface area contributed by atoms with E-state index in [0.717, 1.165) is 22.4 Å². The highest BCUT2D eigenvalue weighted by atomic mass is 16.3. The fraction of sp³-hybridized carbons (Fsp3) is 0.517. The van der Waals surface area contributed by atoms with E-state index < -0.39 is 42.0 Å². The van der Waals surface area contributed by atoms with Crippen LogP contribution in [-0.4, -0.2) is 68.4 Å². The number of nitrogens with zero attached hydrogens (tertiary/aromatic N) is 2. The summed E-state index contributed by atoms with van der Waals surface area (Å²) in [5, 5.41) is 21.4. The lowest BCUT2D eigenvalue weighted by Crippen LogP contribution is -2.57. The van der Waals surface area contributed by atoms with Crippen molar-refractivity contribution in [3.05, 3.63) is 47.4 Å². The predicted octanol–water partition coefficient (Wildman–Crippen LogP) is 1.57. The van der Waals surface area contributed by atoms with E-state index in [1.807, 2.05) is 39.0 Å². The molecule has 0 radical (unpaired) electrons. The Labute approximate surface area is 243 Å². The van der Waals surface area contributed by atoms with Gasteiger partial charge in [-0.05, 0) is 63.1 Å². The molecule has 3 heterocycles. The van der Waals surface area contributed by atoms with Crippen molar-refractivity contribution in [2.24, 2.45) is 5.92 Å². The van der Waals surface area contributed by atoms with Crippen LogP contribution < -0.4 is 21.3 Å². The maximum absolute atomic E-state index is 13.4. The van der Waals surface area contributed by atoms with Crippen LogP contribution in [0.25, 0.3) is 11.0 Å². The summed E-state index contributed by atoms with van der Waals surface area (Å²) in [5.41, 5.74) is 2.44. The normalized spacial score (nSPS) is 21.5. The maximum atomic E-state index is 13.4. The number of H-pyrrole nitrogens is 1. The number of nitrogens with one attached hydrogen (secondary N) is 5. The van der Waals surface area contributed by atoms with Crippen LogP contribution in [0.1, 0.15) is 80.3 Å². The van der Waals surface area contributed by atoms with Crippen molar-refractivity contribution >= 4 is 34.7 Å². The number of aryl methyl sites for hydroxylation is 1. The second kappa shape index (κ2) is 13.6. The molecule has 0 fully saturated rings. The molecular formula is C29H39N7O6. The molecule has 226 valence electrons. The number of amides is 4. The molecule has 0 saturated carbocycles. The number of aliphatic hydroxyl groups excluding tert-OH is 1. The van der Waals surface area contributed by atoms with Crippen molar-refractivity contribution < 1.29 is 28.7 Å². The van der Waals surface area contributed by atoms with Gasteiger partial charge in [0.15, 0.2) is 5.69 Å². The number of imidazole rings is 1. The summed E-state index contributed by atoms with van der Waals surface area (Å²) in [7, 11) is 0. The smallest absolute Gasteiger partial charge is 0.273 e. The van der Waals surface area contributed by atoms with Crippen molar-refractivity contribution in [2.75, 3.05) is 6.54 Å². The first-order valence-corrected chi connectivity index (χ1v) is 14.3. The Bertz CT molecular complexity index is 1430. The van der Waals surface area contributed by atoms with Gasteiger partial charge in [-0.25, -0.2) is 9.97 Å². The highest BCUT2D eigenvalue weighted by Gasteiger charge is 2.32. The van der Waals surface area contributed by atoms with Crippen molar-refractivity contribution in [3.63, 3.8) is 0 Å². The van der Waals surface area contributed by atoms with Crippen molar-refractivity contribution in [1.82, 2.24) is 36.2 Å². The molecule has 1 aromatic carbocycles. The van der Waals surface area contributed by atoms with Gasteiger partial charge in [-0.1, -0.05) is 19.9 Å². The summed E-state index contributed by atoms with van der Waals surface area (Å²) < 4.78 is 5.53. The van der Waals surface area contributed by atoms with Gasteiger partial charge in [-0.2, -0.15) is 0 Å². The number of rotatable bonds is 6. The highest BCUT2D eigenvalue weighted by molar-refractivity contribution is 5.93. The van der Waals surface area contributed by atoms with E-state index in [1.165, 1.54) is 13.2 Å². The largest absolute Gasteiger partial charge is 0.446 e. The second-order valence-electron chi connectivity index (χ2n) is 11.2. The van der Waals surface area contributed by atoms with Gasteiger partial charge in [0.1, 0.15) is 30.2 Å². The average molecular weight is 582 g/mol. The predicted molar refractivity (Wildman–Crippen MR) is 153 cm³/mol. The zero-order chi connectivity index (χ0) is 30.4. The number of carbonyl (C=O) groups excluding carboxylic acids is 4. The van der Waals surface area contributed by atoms with Crippen molar-refractivity contribution in [2.45, 2.75) is 84.0 Å².